The van der Waals surface area contributed by atoms with E-state index in [1.165, 1.54) is 6.07 Å². The van der Waals surface area contributed by atoms with Gasteiger partial charge in [0.1, 0.15) is 4.88 Å². The van der Waals surface area contributed by atoms with Crippen molar-refractivity contribution in [3.63, 3.8) is 0 Å². The number of carboxylic acid groups (broad SMARTS) is 1. The Labute approximate surface area is 180 Å². The highest BCUT2D eigenvalue weighted by Crippen LogP contribution is 2.41. The van der Waals surface area contributed by atoms with E-state index in [2.05, 4.69) is 4.72 Å². The van der Waals surface area contributed by atoms with Crippen LogP contribution in [0, 0.1) is 6.92 Å². The van der Waals surface area contributed by atoms with E-state index in [1.54, 1.807) is 55.5 Å². The van der Waals surface area contributed by atoms with Crippen molar-refractivity contribution < 1.29 is 27.1 Å². The molecule has 8 nitrogen and oxygen atoms in total. The molecule has 0 saturated heterocycles. The molecule has 0 aliphatic rings. The molecule has 2 aromatic carbocycles. The van der Waals surface area contributed by atoms with E-state index < -0.39 is 27.3 Å². The summed E-state index contributed by atoms with van der Waals surface area (Å²) in [5, 5.41) is 9.67. The van der Waals surface area contributed by atoms with Crippen LogP contribution < -0.4 is 9.03 Å². The maximum Gasteiger partial charge on any atom is 0.348 e. The number of nitrogens with one attached hydrogen (secondary N) is 1. The average Bonchev–Trinajstić information content (AvgIpc) is 3.08. The number of benzene rings is 2. The zero-order valence-electron chi connectivity index (χ0n) is 15.9. The number of carboxylic acids is 1. The molecule has 1 unspecified atom stereocenters. The van der Waals surface area contributed by atoms with Gasteiger partial charge in [-0.2, -0.15) is 0 Å². The van der Waals surface area contributed by atoms with Gasteiger partial charge in [-0.25, -0.2) is 21.7 Å². The first kappa shape index (κ1) is 22.0. The quantitative estimate of drug-likeness (QED) is 0.451. The molecule has 11 heteroatoms. The summed E-state index contributed by atoms with van der Waals surface area (Å²) in [6, 6.07) is 14.8. The summed E-state index contributed by atoms with van der Waals surface area (Å²) in [5.41, 5.74) is 2.23. The van der Waals surface area contributed by atoms with Crippen LogP contribution in [0.3, 0.4) is 0 Å². The third-order valence-corrected chi connectivity index (χ3v) is 6.56. The Hall–Kier alpha value is -2.73. The summed E-state index contributed by atoms with van der Waals surface area (Å²) in [7, 11) is -3.42. The Morgan fingerprint density at radius 1 is 1.10 bits per heavy atom. The molecule has 1 heterocycles. The number of anilines is 3. The lowest BCUT2D eigenvalue weighted by molar-refractivity contribution is 0.0703. The smallest absolute Gasteiger partial charge is 0.348 e. The Bertz CT molecular complexity index is 1220. The first-order chi connectivity index (χ1) is 14.1. The molecule has 0 fully saturated rings. The van der Waals surface area contributed by atoms with Crippen molar-refractivity contribution in [1.82, 2.24) is 0 Å². The largest absolute Gasteiger partial charge is 0.477 e. The highest BCUT2D eigenvalue weighted by Gasteiger charge is 2.26. The highest BCUT2D eigenvalue weighted by molar-refractivity contribution is 7.92. The van der Waals surface area contributed by atoms with E-state index in [9.17, 15) is 27.1 Å². The fraction of sp³-hybridized carbons (Fsp3) is 0.105. The molecule has 1 atom stereocenters. The summed E-state index contributed by atoms with van der Waals surface area (Å²) in [6.07, 6.45) is 1.04. The average molecular weight is 467 g/mol. The predicted molar refractivity (Wildman–Crippen MR) is 119 cm³/mol. The van der Waals surface area contributed by atoms with Gasteiger partial charge in [-0.1, -0.05) is 30.3 Å². The van der Waals surface area contributed by atoms with Crippen molar-refractivity contribution in [1.29, 1.82) is 0 Å². The standard InChI is InChI=1S/C19H18N2O6S3/c1-12-5-3-4-6-15(12)21(29(24)25)16-11-17(28-18(16)19(22)23)13-7-9-14(10-8-13)20-30(2,26)27/h3-11,20H,1-2H3,(H,22,23)(H,24,25). The third-order valence-electron chi connectivity index (χ3n) is 4.09. The van der Waals surface area contributed by atoms with E-state index in [-0.39, 0.29) is 10.6 Å². The molecule has 0 bridgehead atoms. The SMILES string of the molecule is Cc1ccccc1N(c1cc(-c2ccc(NS(C)(=O)=O)cc2)sc1C(=O)O)S(=O)O. The fourth-order valence-corrected chi connectivity index (χ4v) is 5.13. The van der Waals surface area contributed by atoms with Gasteiger partial charge in [0.25, 0.3) is 11.3 Å². The van der Waals surface area contributed by atoms with Gasteiger partial charge in [-0.15, -0.1) is 11.3 Å². The second-order valence-electron chi connectivity index (χ2n) is 6.39. The normalized spacial score (nSPS) is 12.4. The van der Waals surface area contributed by atoms with Crippen LogP contribution in [-0.4, -0.2) is 34.5 Å². The van der Waals surface area contributed by atoms with Crippen molar-refractivity contribution in [2.75, 3.05) is 15.3 Å². The minimum atomic E-state index is -3.42. The summed E-state index contributed by atoms with van der Waals surface area (Å²) < 4.78 is 48.2. The molecule has 0 saturated carbocycles. The number of carbonyl (C=O) groups is 1. The van der Waals surface area contributed by atoms with Gasteiger partial charge in [-0.05, 0) is 42.3 Å². The van der Waals surface area contributed by atoms with Gasteiger partial charge in [0.15, 0.2) is 0 Å². The first-order valence-electron chi connectivity index (χ1n) is 8.49. The number of thiophene rings is 1. The Morgan fingerprint density at radius 2 is 1.73 bits per heavy atom. The number of sulfonamides is 1. The molecule has 3 aromatic rings. The topological polar surface area (TPSA) is 124 Å². The van der Waals surface area contributed by atoms with Gasteiger partial charge in [0.05, 0.1) is 17.6 Å². The van der Waals surface area contributed by atoms with Gasteiger partial charge in [0.2, 0.25) is 10.0 Å². The number of aryl methyl sites for hydroxylation is 1. The number of rotatable bonds is 7. The molecule has 0 aliphatic heterocycles. The molecular weight excluding hydrogens is 448 g/mol. The molecule has 30 heavy (non-hydrogen) atoms. The second-order valence-corrected chi connectivity index (χ2v) is 10.0. The lowest BCUT2D eigenvalue weighted by Crippen LogP contribution is -2.21. The first-order valence-corrected chi connectivity index (χ1v) is 12.3. The summed E-state index contributed by atoms with van der Waals surface area (Å²) in [6.45, 7) is 1.76. The maximum atomic E-state index is 12.1. The lowest BCUT2D eigenvalue weighted by atomic mass is 10.1. The van der Waals surface area contributed by atoms with Gasteiger partial charge >= 0.3 is 5.97 Å². The van der Waals surface area contributed by atoms with E-state index in [0.717, 1.165) is 21.9 Å². The van der Waals surface area contributed by atoms with Crippen LogP contribution in [0.4, 0.5) is 17.1 Å². The predicted octanol–water partition coefficient (Wildman–Crippen LogP) is 4.07. The molecule has 3 N–H and O–H groups in total. The van der Waals surface area contributed by atoms with E-state index in [1.807, 2.05) is 0 Å². The van der Waals surface area contributed by atoms with E-state index >= 15 is 0 Å². The summed E-state index contributed by atoms with van der Waals surface area (Å²) >= 11 is -1.54. The van der Waals surface area contributed by atoms with Crippen molar-refractivity contribution >= 4 is 55.7 Å². The molecule has 3 rings (SSSR count). The zero-order valence-corrected chi connectivity index (χ0v) is 18.3. The van der Waals surface area contributed by atoms with Crippen molar-refractivity contribution in [2.45, 2.75) is 6.92 Å². The Balaban J connectivity index is 2.08. The lowest BCUT2D eigenvalue weighted by Gasteiger charge is -2.21. The molecule has 0 radical (unpaired) electrons. The summed E-state index contributed by atoms with van der Waals surface area (Å²) in [4.78, 5) is 12.3. The van der Waals surface area contributed by atoms with E-state index in [4.69, 9.17) is 0 Å². The molecule has 1 aromatic heterocycles. The van der Waals surface area contributed by atoms with Crippen LogP contribution in [0.5, 0.6) is 0 Å². The minimum absolute atomic E-state index is 0.0889. The number of hydrogen-bond acceptors (Lipinski definition) is 5. The van der Waals surface area contributed by atoms with Crippen LogP contribution in [0.25, 0.3) is 10.4 Å². The molecule has 0 spiro atoms. The van der Waals surface area contributed by atoms with Gasteiger partial charge < -0.3 is 5.11 Å². The molecule has 0 aliphatic carbocycles. The highest BCUT2D eigenvalue weighted by atomic mass is 32.2. The Morgan fingerprint density at radius 3 is 2.27 bits per heavy atom. The number of nitrogens with zero attached hydrogens (tertiary/aromatic N) is 1. The van der Waals surface area contributed by atoms with Gasteiger partial charge in [-0.3, -0.25) is 9.27 Å². The van der Waals surface area contributed by atoms with Crippen molar-refractivity contribution in [2.24, 2.45) is 0 Å². The van der Waals surface area contributed by atoms with Crippen LogP contribution >= 0.6 is 11.3 Å². The Kier molecular flexibility index (Phi) is 6.27. The van der Waals surface area contributed by atoms with Gasteiger partial charge in [0, 0.05) is 10.6 Å². The molecular formula is C19H18N2O6S3. The number of hydrogen-bond donors (Lipinski definition) is 3. The monoisotopic (exact) mass is 466 g/mol. The van der Waals surface area contributed by atoms with Crippen LogP contribution in [-0.2, 0) is 21.3 Å². The van der Waals surface area contributed by atoms with Crippen LogP contribution in [0.1, 0.15) is 15.2 Å². The van der Waals surface area contributed by atoms with Crippen LogP contribution in [0.2, 0.25) is 0 Å². The number of para-hydroxylation sites is 1. The van der Waals surface area contributed by atoms with E-state index in [0.29, 0.717) is 27.4 Å². The zero-order chi connectivity index (χ0) is 22.1. The van der Waals surface area contributed by atoms with Crippen molar-refractivity contribution in [3.8, 4) is 10.4 Å². The third kappa shape index (κ3) is 4.87. The second kappa shape index (κ2) is 8.56. The fourth-order valence-electron chi connectivity index (χ4n) is 2.83. The minimum Gasteiger partial charge on any atom is -0.477 e. The molecule has 0 amide bonds. The van der Waals surface area contributed by atoms with Crippen molar-refractivity contribution in [3.05, 3.63) is 65.0 Å². The van der Waals surface area contributed by atoms with Crippen LogP contribution in [0.15, 0.2) is 54.6 Å². The summed E-state index contributed by atoms with van der Waals surface area (Å²) in [5.74, 6) is -1.22. The molecule has 158 valence electrons. The number of aromatic carboxylic acids is 1. The maximum absolute atomic E-state index is 12.1.